The van der Waals surface area contributed by atoms with Crippen LogP contribution in [-0.2, 0) is 14.3 Å². The van der Waals surface area contributed by atoms with E-state index in [0.717, 1.165) is 11.1 Å². The second kappa shape index (κ2) is 9.67. The van der Waals surface area contributed by atoms with Crippen LogP contribution in [0.25, 0.3) is 5.76 Å². The Bertz CT molecular complexity index is 1140. The van der Waals surface area contributed by atoms with E-state index in [0.29, 0.717) is 43.8 Å². The molecule has 4 rings (SSSR count). The summed E-state index contributed by atoms with van der Waals surface area (Å²) in [6, 6.07) is 9.85. The fourth-order valence-corrected chi connectivity index (χ4v) is 4.73. The summed E-state index contributed by atoms with van der Waals surface area (Å²) < 4.78 is 5.09. The molecule has 0 saturated carbocycles. The van der Waals surface area contributed by atoms with Crippen molar-refractivity contribution < 1.29 is 24.2 Å². The highest BCUT2D eigenvalue weighted by molar-refractivity contribution is 6.46. The Morgan fingerprint density at radius 1 is 1.15 bits per heavy atom. The molecule has 2 aromatic rings. The number of carbonyl (C=O) groups excluding carboxylic acids is 3. The van der Waals surface area contributed by atoms with Gasteiger partial charge in [0.15, 0.2) is 0 Å². The first kappa shape index (κ1) is 23.5. The predicted molar refractivity (Wildman–Crippen MR) is 126 cm³/mol. The van der Waals surface area contributed by atoms with Crippen LogP contribution in [0, 0.1) is 13.8 Å². The molecule has 1 N–H and O–H groups in total. The number of aryl methyl sites for hydroxylation is 2. The summed E-state index contributed by atoms with van der Waals surface area (Å²) in [6.45, 7) is 6.64. The van der Waals surface area contributed by atoms with Gasteiger partial charge in [0.25, 0.3) is 11.7 Å². The molecule has 8 heteroatoms. The van der Waals surface area contributed by atoms with Crippen LogP contribution in [0.5, 0.6) is 0 Å². The number of rotatable bonds is 4. The highest BCUT2D eigenvalue weighted by Crippen LogP contribution is 2.42. The zero-order chi connectivity index (χ0) is 24.4. The maximum atomic E-state index is 13.3. The van der Waals surface area contributed by atoms with Crippen molar-refractivity contribution in [2.75, 3.05) is 19.7 Å². The summed E-state index contributed by atoms with van der Waals surface area (Å²) in [7, 11) is 0. The Morgan fingerprint density at radius 2 is 1.88 bits per heavy atom. The minimum Gasteiger partial charge on any atom is -0.507 e. The quantitative estimate of drug-likeness (QED) is 0.421. The molecule has 8 nitrogen and oxygen atoms in total. The number of likely N-dealkylation sites (tertiary alicyclic amines) is 2. The molecule has 1 atom stereocenters. The van der Waals surface area contributed by atoms with Crippen molar-refractivity contribution >= 4 is 23.5 Å². The van der Waals surface area contributed by atoms with E-state index in [9.17, 15) is 19.5 Å². The second-order valence-corrected chi connectivity index (χ2v) is 8.70. The molecule has 1 aromatic heterocycles. The van der Waals surface area contributed by atoms with Gasteiger partial charge < -0.3 is 19.6 Å². The number of amides is 2. The van der Waals surface area contributed by atoms with Gasteiger partial charge >= 0.3 is 6.09 Å². The molecule has 2 saturated heterocycles. The lowest BCUT2D eigenvalue weighted by molar-refractivity contribution is -0.142. The number of ether oxygens (including phenoxy) is 1. The Hall–Kier alpha value is -3.68. The van der Waals surface area contributed by atoms with Crippen molar-refractivity contribution in [3.05, 3.63) is 70.6 Å². The third-order valence-electron chi connectivity index (χ3n) is 6.48. The van der Waals surface area contributed by atoms with Gasteiger partial charge in [-0.2, -0.15) is 0 Å². The topological polar surface area (TPSA) is 100 Å². The van der Waals surface area contributed by atoms with Crippen molar-refractivity contribution in [3.8, 4) is 0 Å². The Kier molecular flexibility index (Phi) is 6.68. The monoisotopic (exact) mass is 463 g/mol. The Balaban J connectivity index is 1.75. The number of carbonyl (C=O) groups is 3. The smallest absolute Gasteiger partial charge is 0.409 e. The van der Waals surface area contributed by atoms with Gasteiger partial charge in [0.1, 0.15) is 11.8 Å². The van der Waals surface area contributed by atoms with E-state index in [4.69, 9.17) is 4.74 Å². The number of pyridine rings is 1. The van der Waals surface area contributed by atoms with Crippen LogP contribution >= 0.6 is 0 Å². The molecule has 0 spiro atoms. The number of hydrogen-bond donors (Lipinski definition) is 1. The molecular weight excluding hydrogens is 434 g/mol. The van der Waals surface area contributed by atoms with E-state index in [2.05, 4.69) is 4.98 Å². The average molecular weight is 464 g/mol. The predicted octanol–water partition coefficient (Wildman–Crippen LogP) is 3.74. The van der Waals surface area contributed by atoms with Crippen molar-refractivity contribution in [3.63, 3.8) is 0 Å². The van der Waals surface area contributed by atoms with Gasteiger partial charge in [0, 0.05) is 30.9 Å². The Labute approximate surface area is 198 Å². The minimum absolute atomic E-state index is 0.0465. The first-order valence-electron chi connectivity index (χ1n) is 11.5. The van der Waals surface area contributed by atoms with E-state index < -0.39 is 17.7 Å². The summed E-state index contributed by atoms with van der Waals surface area (Å²) in [6.07, 6.45) is 2.23. The number of aromatic nitrogens is 1. The number of benzene rings is 1. The zero-order valence-electron chi connectivity index (χ0n) is 19.7. The lowest BCUT2D eigenvalue weighted by Gasteiger charge is -2.38. The van der Waals surface area contributed by atoms with Crippen LogP contribution < -0.4 is 0 Å². The van der Waals surface area contributed by atoms with Crippen LogP contribution in [0.2, 0.25) is 0 Å². The lowest BCUT2D eigenvalue weighted by Crippen LogP contribution is -2.48. The highest BCUT2D eigenvalue weighted by atomic mass is 16.6. The van der Waals surface area contributed by atoms with Gasteiger partial charge in [-0.15, -0.1) is 0 Å². The van der Waals surface area contributed by atoms with Crippen molar-refractivity contribution in [2.45, 2.75) is 45.7 Å². The first-order valence-corrected chi connectivity index (χ1v) is 11.5. The van der Waals surface area contributed by atoms with E-state index in [1.165, 1.54) is 0 Å². The molecule has 2 aliphatic heterocycles. The molecule has 3 heterocycles. The van der Waals surface area contributed by atoms with Gasteiger partial charge in [-0.1, -0.05) is 23.8 Å². The van der Waals surface area contributed by atoms with Gasteiger partial charge in [-0.3, -0.25) is 14.6 Å². The van der Waals surface area contributed by atoms with E-state index in [1.54, 1.807) is 41.1 Å². The molecule has 178 valence electrons. The number of ketones is 1. The van der Waals surface area contributed by atoms with Crippen molar-refractivity contribution in [1.82, 2.24) is 14.8 Å². The number of hydrogen-bond acceptors (Lipinski definition) is 6. The maximum absolute atomic E-state index is 13.3. The number of nitrogens with zero attached hydrogens (tertiary/aromatic N) is 3. The minimum atomic E-state index is -0.805. The van der Waals surface area contributed by atoms with E-state index >= 15 is 0 Å². The normalized spacial score (nSPS) is 20.6. The Morgan fingerprint density at radius 3 is 2.53 bits per heavy atom. The maximum Gasteiger partial charge on any atom is 0.409 e. The van der Waals surface area contributed by atoms with Crippen LogP contribution in [0.4, 0.5) is 4.79 Å². The van der Waals surface area contributed by atoms with Gasteiger partial charge in [-0.25, -0.2) is 4.79 Å². The zero-order valence-corrected chi connectivity index (χ0v) is 19.7. The molecule has 1 unspecified atom stereocenters. The summed E-state index contributed by atoms with van der Waals surface area (Å²) in [5.41, 5.74) is 2.82. The molecule has 0 aliphatic carbocycles. The molecule has 2 fully saturated rings. The molecule has 34 heavy (non-hydrogen) atoms. The fraction of sp³-hybridized carbons (Fsp3) is 0.385. The third-order valence-corrected chi connectivity index (χ3v) is 6.48. The largest absolute Gasteiger partial charge is 0.507 e. The van der Waals surface area contributed by atoms with Crippen molar-refractivity contribution in [1.29, 1.82) is 0 Å². The van der Waals surface area contributed by atoms with Crippen molar-refractivity contribution in [2.24, 2.45) is 0 Å². The van der Waals surface area contributed by atoms with E-state index in [1.807, 2.05) is 32.0 Å². The summed E-state index contributed by atoms with van der Waals surface area (Å²) >= 11 is 0. The molecule has 0 radical (unpaired) electrons. The molecule has 1 aromatic carbocycles. The molecule has 2 aliphatic rings. The summed E-state index contributed by atoms with van der Waals surface area (Å²) in [5.74, 6) is -1.57. The van der Waals surface area contributed by atoms with Crippen LogP contribution in [0.1, 0.15) is 48.2 Å². The van der Waals surface area contributed by atoms with Crippen LogP contribution in [0.3, 0.4) is 0 Å². The second-order valence-electron chi connectivity index (χ2n) is 8.70. The van der Waals surface area contributed by atoms with Gasteiger partial charge in [0.05, 0.1) is 17.9 Å². The van der Waals surface area contributed by atoms with Gasteiger partial charge in [0.2, 0.25) is 0 Å². The summed E-state index contributed by atoms with van der Waals surface area (Å²) in [5, 5.41) is 11.3. The standard InChI is InChI=1S/C26H29N3O5/c1-4-34-26(33)28-13-10-18(11-14-28)29-22(20-7-5-6-12-27-20)21(24(31)25(29)32)23(30)19-15-16(2)8-9-17(19)3/h5-9,12,15,18,22,30H,4,10-11,13-14H2,1-3H3/b23-21+. The van der Waals surface area contributed by atoms with Crippen LogP contribution in [0.15, 0.2) is 48.2 Å². The number of aliphatic hydroxyl groups is 1. The lowest BCUT2D eigenvalue weighted by atomic mass is 9.94. The number of Topliss-reactive ketones (excluding diaryl/α,β-unsaturated/α-hetero) is 1. The van der Waals surface area contributed by atoms with Gasteiger partial charge in [-0.05, 0) is 57.4 Å². The SMILES string of the molecule is CCOC(=O)N1CCC(N2C(=O)C(=O)/C(=C(/O)c3cc(C)ccc3C)C2c2ccccn2)CC1. The average Bonchev–Trinajstić information content (AvgIpc) is 3.11. The molecule has 2 amide bonds. The first-order chi connectivity index (χ1) is 16.3. The number of piperidine rings is 1. The molecular formula is C26H29N3O5. The third kappa shape index (κ3) is 4.27. The number of aliphatic hydroxyl groups excluding tert-OH is 1. The summed E-state index contributed by atoms with van der Waals surface area (Å²) in [4.78, 5) is 46.3. The van der Waals surface area contributed by atoms with E-state index in [-0.39, 0.29) is 23.5 Å². The highest BCUT2D eigenvalue weighted by Gasteiger charge is 2.50. The molecule has 0 bridgehead atoms. The van der Waals surface area contributed by atoms with Crippen LogP contribution in [-0.4, -0.2) is 63.4 Å². The fourth-order valence-electron chi connectivity index (χ4n) is 4.73.